The first-order valence-electron chi connectivity index (χ1n) is 5.32. The molecule has 0 aliphatic heterocycles. The summed E-state index contributed by atoms with van der Waals surface area (Å²) < 4.78 is 4.80. The Morgan fingerprint density at radius 2 is 2.00 bits per heavy atom. The van der Waals surface area contributed by atoms with E-state index in [1.807, 2.05) is 0 Å². The van der Waals surface area contributed by atoms with Gasteiger partial charge in [-0.05, 0) is 6.92 Å². The summed E-state index contributed by atoms with van der Waals surface area (Å²) in [7, 11) is 3.16. The van der Waals surface area contributed by atoms with Gasteiger partial charge in [0.2, 0.25) is 11.8 Å². The van der Waals surface area contributed by atoms with Crippen LogP contribution in [0.25, 0.3) is 0 Å². The van der Waals surface area contributed by atoms with Crippen molar-refractivity contribution in [2.45, 2.75) is 19.4 Å². The minimum atomic E-state index is -0.281. The molecule has 2 amide bonds. The third-order valence-electron chi connectivity index (χ3n) is 2.07. The fourth-order valence-electron chi connectivity index (χ4n) is 1.09. The minimum absolute atomic E-state index is 0.0475. The molecule has 0 aromatic heterocycles. The first-order valence-corrected chi connectivity index (χ1v) is 5.32. The van der Waals surface area contributed by atoms with Crippen LogP contribution in [0.3, 0.4) is 0 Å². The minimum Gasteiger partial charge on any atom is -0.383 e. The molecule has 0 spiro atoms. The second-order valence-electron chi connectivity index (χ2n) is 3.38. The van der Waals surface area contributed by atoms with Gasteiger partial charge in [-0.25, -0.2) is 0 Å². The summed E-state index contributed by atoms with van der Waals surface area (Å²) in [6.07, 6.45) is 0.352. The second kappa shape index (κ2) is 9.11. The van der Waals surface area contributed by atoms with Crippen molar-refractivity contribution in [3.8, 4) is 0 Å². The molecule has 6 heteroatoms. The number of carbonyl (C=O) groups excluding carboxylic acids is 2. The van der Waals surface area contributed by atoms with Crippen LogP contribution in [0.15, 0.2) is 0 Å². The lowest BCUT2D eigenvalue weighted by Gasteiger charge is -2.11. The number of likely N-dealkylation sites (N-methyl/N-ethyl adjacent to an activating group) is 1. The van der Waals surface area contributed by atoms with Crippen molar-refractivity contribution in [1.82, 2.24) is 16.0 Å². The lowest BCUT2D eigenvalue weighted by molar-refractivity contribution is -0.123. The average Bonchev–Trinajstić information content (AvgIpc) is 2.28. The number of amides is 2. The van der Waals surface area contributed by atoms with Gasteiger partial charge in [0.25, 0.3) is 0 Å². The fraction of sp³-hybridized carbons (Fsp3) is 0.800. The molecule has 16 heavy (non-hydrogen) atoms. The molecule has 0 rings (SSSR count). The van der Waals surface area contributed by atoms with E-state index in [9.17, 15) is 9.59 Å². The maximum atomic E-state index is 11.2. The summed E-state index contributed by atoms with van der Waals surface area (Å²) in [5.74, 6) is -0.131. The van der Waals surface area contributed by atoms with E-state index in [0.29, 0.717) is 26.1 Å². The van der Waals surface area contributed by atoms with Crippen LogP contribution in [-0.2, 0) is 14.3 Å². The van der Waals surface area contributed by atoms with E-state index in [0.717, 1.165) is 0 Å². The van der Waals surface area contributed by atoms with Crippen LogP contribution in [0, 0.1) is 0 Å². The lowest BCUT2D eigenvalue weighted by atomic mass is 10.3. The zero-order valence-electron chi connectivity index (χ0n) is 10.1. The molecule has 1 atom stereocenters. The van der Waals surface area contributed by atoms with E-state index in [1.165, 1.54) is 0 Å². The van der Waals surface area contributed by atoms with Crippen molar-refractivity contribution in [3.05, 3.63) is 0 Å². The second-order valence-corrected chi connectivity index (χ2v) is 3.38. The largest absolute Gasteiger partial charge is 0.383 e. The van der Waals surface area contributed by atoms with E-state index in [-0.39, 0.29) is 17.9 Å². The molecule has 3 N–H and O–H groups in total. The highest BCUT2D eigenvalue weighted by Crippen LogP contribution is 1.83. The van der Waals surface area contributed by atoms with Crippen LogP contribution in [0.4, 0.5) is 0 Å². The molecular formula is C10H21N3O3. The van der Waals surface area contributed by atoms with E-state index >= 15 is 0 Å². The topological polar surface area (TPSA) is 79.5 Å². The van der Waals surface area contributed by atoms with Gasteiger partial charge in [-0.3, -0.25) is 9.59 Å². The van der Waals surface area contributed by atoms with Gasteiger partial charge in [-0.15, -0.1) is 0 Å². The van der Waals surface area contributed by atoms with Crippen LogP contribution in [0.1, 0.15) is 13.3 Å². The molecule has 0 saturated heterocycles. The monoisotopic (exact) mass is 231 g/mol. The van der Waals surface area contributed by atoms with E-state index in [1.54, 1.807) is 21.1 Å². The lowest BCUT2D eigenvalue weighted by Crippen LogP contribution is -2.42. The quantitative estimate of drug-likeness (QED) is 0.462. The van der Waals surface area contributed by atoms with E-state index in [2.05, 4.69) is 16.0 Å². The van der Waals surface area contributed by atoms with Gasteiger partial charge in [0.05, 0.1) is 12.6 Å². The van der Waals surface area contributed by atoms with Crippen LogP contribution < -0.4 is 16.0 Å². The predicted octanol–water partition coefficient (Wildman–Crippen LogP) is -1.14. The maximum Gasteiger partial charge on any atom is 0.236 e. The highest BCUT2D eigenvalue weighted by molar-refractivity contribution is 5.81. The van der Waals surface area contributed by atoms with Crippen molar-refractivity contribution >= 4 is 11.8 Å². The summed E-state index contributed by atoms with van der Waals surface area (Å²) in [6, 6.07) is -0.281. The Morgan fingerprint density at radius 3 is 2.56 bits per heavy atom. The smallest absolute Gasteiger partial charge is 0.236 e. The van der Waals surface area contributed by atoms with Crippen molar-refractivity contribution < 1.29 is 14.3 Å². The Balaban J connectivity index is 3.50. The normalized spacial score (nSPS) is 11.9. The maximum absolute atomic E-state index is 11.2. The third kappa shape index (κ3) is 7.19. The summed E-state index contributed by atoms with van der Waals surface area (Å²) >= 11 is 0. The van der Waals surface area contributed by atoms with Crippen molar-refractivity contribution in [2.24, 2.45) is 0 Å². The third-order valence-corrected chi connectivity index (χ3v) is 2.07. The number of rotatable bonds is 8. The van der Waals surface area contributed by atoms with Crippen LogP contribution in [0.2, 0.25) is 0 Å². The molecule has 0 aliphatic rings. The molecular weight excluding hydrogens is 210 g/mol. The Bertz CT molecular complexity index is 221. The Labute approximate surface area is 96.1 Å². The van der Waals surface area contributed by atoms with Gasteiger partial charge in [0.15, 0.2) is 0 Å². The zero-order valence-corrected chi connectivity index (χ0v) is 10.1. The van der Waals surface area contributed by atoms with Gasteiger partial charge < -0.3 is 20.7 Å². The number of carbonyl (C=O) groups is 2. The number of hydrogen-bond acceptors (Lipinski definition) is 4. The fourth-order valence-corrected chi connectivity index (χ4v) is 1.09. The first kappa shape index (κ1) is 14.9. The van der Waals surface area contributed by atoms with Gasteiger partial charge >= 0.3 is 0 Å². The first-order chi connectivity index (χ1) is 7.61. The molecule has 0 aliphatic carbocycles. The average molecular weight is 231 g/mol. The van der Waals surface area contributed by atoms with Gasteiger partial charge in [0.1, 0.15) is 0 Å². The van der Waals surface area contributed by atoms with Gasteiger partial charge in [0, 0.05) is 33.7 Å². The highest BCUT2D eigenvalue weighted by atomic mass is 16.5. The zero-order chi connectivity index (χ0) is 12.4. The molecule has 6 nitrogen and oxygen atoms in total. The number of nitrogens with one attached hydrogen (secondary N) is 3. The summed E-state index contributed by atoms with van der Waals surface area (Å²) in [4.78, 5) is 22.3. The summed E-state index contributed by atoms with van der Waals surface area (Å²) in [5.41, 5.74) is 0. The van der Waals surface area contributed by atoms with Crippen LogP contribution in [0.5, 0.6) is 0 Å². The number of methoxy groups -OCH3 is 1. The molecule has 94 valence electrons. The number of ether oxygens (including phenoxy) is 1. The molecule has 0 bridgehead atoms. The standard InChI is InChI=1S/C10H21N3O3/c1-8(10(15)11-2)12-5-4-9(14)13-6-7-16-3/h8,12H,4-7H2,1-3H3,(H,11,15)(H,13,14). The van der Waals surface area contributed by atoms with E-state index in [4.69, 9.17) is 4.74 Å². The van der Waals surface area contributed by atoms with Crippen molar-refractivity contribution in [1.29, 1.82) is 0 Å². The molecule has 0 radical (unpaired) electrons. The van der Waals surface area contributed by atoms with Crippen LogP contribution in [-0.4, -0.2) is 51.7 Å². The van der Waals surface area contributed by atoms with Gasteiger partial charge in [-0.2, -0.15) is 0 Å². The Kier molecular flexibility index (Phi) is 8.46. The molecule has 0 aromatic rings. The molecule has 0 saturated carbocycles. The molecule has 0 aromatic carbocycles. The Morgan fingerprint density at radius 1 is 1.31 bits per heavy atom. The van der Waals surface area contributed by atoms with Crippen LogP contribution >= 0.6 is 0 Å². The number of hydrogen-bond donors (Lipinski definition) is 3. The summed E-state index contributed by atoms with van der Waals surface area (Å²) in [6.45, 7) is 3.25. The van der Waals surface area contributed by atoms with Crippen molar-refractivity contribution in [2.75, 3.05) is 33.9 Å². The van der Waals surface area contributed by atoms with Crippen molar-refractivity contribution in [3.63, 3.8) is 0 Å². The SMILES string of the molecule is CNC(=O)C(C)NCCC(=O)NCCOC. The summed E-state index contributed by atoms with van der Waals surface area (Å²) in [5, 5.41) is 8.17. The molecule has 1 unspecified atom stereocenters. The predicted molar refractivity (Wildman–Crippen MR) is 61.0 cm³/mol. The molecule has 0 fully saturated rings. The van der Waals surface area contributed by atoms with Gasteiger partial charge in [-0.1, -0.05) is 0 Å². The Hall–Kier alpha value is -1.14. The van der Waals surface area contributed by atoms with E-state index < -0.39 is 0 Å². The highest BCUT2D eigenvalue weighted by Gasteiger charge is 2.09. The molecule has 0 heterocycles.